The van der Waals surface area contributed by atoms with E-state index >= 15 is 0 Å². The fourth-order valence-electron chi connectivity index (χ4n) is 2.87. The first kappa shape index (κ1) is 19.0. The van der Waals surface area contributed by atoms with Crippen molar-refractivity contribution in [1.82, 2.24) is 5.32 Å². The van der Waals surface area contributed by atoms with E-state index in [1.54, 1.807) is 24.3 Å². The van der Waals surface area contributed by atoms with Crippen LogP contribution < -0.4 is 19.1 Å². The summed E-state index contributed by atoms with van der Waals surface area (Å²) in [7, 11) is -3.60. The normalized spacial score (nSPS) is 12.7. The number of rotatable bonds is 7. The number of amides is 1. The first-order valence-electron chi connectivity index (χ1n) is 8.59. The molecule has 2 aromatic carbocycles. The highest BCUT2D eigenvalue weighted by Gasteiger charge is 2.22. The van der Waals surface area contributed by atoms with Crippen molar-refractivity contribution >= 4 is 21.6 Å². The van der Waals surface area contributed by atoms with Crippen molar-refractivity contribution in [2.45, 2.75) is 19.9 Å². The van der Waals surface area contributed by atoms with Crippen LogP contribution in [0.15, 0.2) is 42.5 Å². The van der Waals surface area contributed by atoms with Gasteiger partial charge < -0.3 is 14.8 Å². The highest BCUT2D eigenvalue weighted by atomic mass is 32.2. The molecule has 7 nitrogen and oxygen atoms in total. The van der Waals surface area contributed by atoms with E-state index in [2.05, 4.69) is 5.32 Å². The first-order valence-corrected chi connectivity index (χ1v) is 10.4. The Morgan fingerprint density at radius 1 is 1.15 bits per heavy atom. The molecule has 0 bridgehead atoms. The van der Waals surface area contributed by atoms with Gasteiger partial charge in [-0.15, -0.1) is 0 Å². The molecule has 2 aromatic rings. The van der Waals surface area contributed by atoms with Gasteiger partial charge in [0.15, 0.2) is 11.5 Å². The van der Waals surface area contributed by atoms with Crippen LogP contribution >= 0.6 is 0 Å². The van der Waals surface area contributed by atoms with Gasteiger partial charge in [-0.3, -0.25) is 9.10 Å². The molecule has 1 amide bonds. The van der Waals surface area contributed by atoms with Gasteiger partial charge >= 0.3 is 0 Å². The molecule has 0 aliphatic carbocycles. The molecule has 27 heavy (non-hydrogen) atoms. The van der Waals surface area contributed by atoms with Gasteiger partial charge in [0.05, 0.1) is 11.9 Å². The molecule has 1 aliphatic heterocycles. The van der Waals surface area contributed by atoms with Crippen molar-refractivity contribution in [1.29, 1.82) is 0 Å². The zero-order valence-corrected chi connectivity index (χ0v) is 16.1. The molecule has 3 rings (SSSR count). The summed E-state index contributed by atoms with van der Waals surface area (Å²) in [6.07, 6.45) is 1.77. The van der Waals surface area contributed by atoms with Crippen LogP contribution in [0.1, 0.15) is 18.1 Å². The standard InChI is InChI=1S/C19H22N2O5S/c1-3-15-6-4-5-7-16(15)21(27(2,23)24)12-19(22)20-11-14-8-9-17-18(10-14)26-13-25-17/h4-10H,3,11-13H2,1-2H3,(H,20,22). The molecule has 0 atom stereocenters. The van der Waals surface area contributed by atoms with Crippen molar-refractivity contribution in [3.8, 4) is 11.5 Å². The fourth-order valence-corrected chi connectivity index (χ4v) is 3.76. The number of carbonyl (C=O) groups excluding carboxylic acids is 1. The zero-order chi connectivity index (χ0) is 19.4. The first-order chi connectivity index (χ1) is 12.9. The molecule has 1 aliphatic rings. The van der Waals surface area contributed by atoms with Crippen LogP contribution in [0.5, 0.6) is 11.5 Å². The number of benzene rings is 2. The van der Waals surface area contributed by atoms with Gasteiger partial charge in [0.1, 0.15) is 6.54 Å². The molecule has 1 N–H and O–H groups in total. The maximum Gasteiger partial charge on any atom is 0.241 e. The number of anilines is 1. The van der Waals surface area contributed by atoms with Crippen molar-refractivity contribution in [2.24, 2.45) is 0 Å². The zero-order valence-electron chi connectivity index (χ0n) is 15.3. The van der Waals surface area contributed by atoms with E-state index in [1.807, 2.05) is 25.1 Å². The molecule has 1 heterocycles. The molecular weight excluding hydrogens is 368 g/mol. The third-order valence-electron chi connectivity index (χ3n) is 4.26. The summed E-state index contributed by atoms with van der Waals surface area (Å²) in [6, 6.07) is 12.6. The van der Waals surface area contributed by atoms with Gasteiger partial charge in [-0.2, -0.15) is 0 Å². The predicted molar refractivity (Wildman–Crippen MR) is 102 cm³/mol. The van der Waals surface area contributed by atoms with Crippen LogP contribution in [0.3, 0.4) is 0 Å². The SMILES string of the molecule is CCc1ccccc1N(CC(=O)NCc1ccc2c(c1)OCO2)S(C)(=O)=O. The van der Waals surface area contributed by atoms with Gasteiger partial charge in [0.25, 0.3) is 0 Å². The molecule has 0 saturated heterocycles. The van der Waals surface area contributed by atoms with Crippen molar-refractivity contribution in [3.05, 3.63) is 53.6 Å². The van der Waals surface area contributed by atoms with Crippen molar-refractivity contribution in [2.75, 3.05) is 23.9 Å². The van der Waals surface area contributed by atoms with E-state index < -0.39 is 10.0 Å². The van der Waals surface area contributed by atoms with Crippen LogP contribution in [0, 0.1) is 0 Å². The third-order valence-corrected chi connectivity index (χ3v) is 5.38. The lowest BCUT2D eigenvalue weighted by Gasteiger charge is -2.24. The molecule has 0 radical (unpaired) electrons. The summed E-state index contributed by atoms with van der Waals surface area (Å²) in [5, 5.41) is 2.76. The van der Waals surface area contributed by atoms with Crippen LogP contribution in [0.2, 0.25) is 0 Å². The molecule has 0 saturated carbocycles. The topological polar surface area (TPSA) is 84.9 Å². The highest BCUT2D eigenvalue weighted by molar-refractivity contribution is 7.92. The molecule has 144 valence electrons. The number of nitrogens with one attached hydrogen (secondary N) is 1. The van der Waals surface area contributed by atoms with Gasteiger partial charge in [-0.1, -0.05) is 31.2 Å². The van der Waals surface area contributed by atoms with Crippen molar-refractivity contribution < 1.29 is 22.7 Å². The lowest BCUT2D eigenvalue weighted by molar-refractivity contribution is -0.119. The van der Waals surface area contributed by atoms with Gasteiger partial charge in [0.2, 0.25) is 22.7 Å². The van der Waals surface area contributed by atoms with E-state index in [-0.39, 0.29) is 25.8 Å². The predicted octanol–water partition coefficient (Wildman–Crippen LogP) is 2.06. The Balaban J connectivity index is 1.70. The van der Waals surface area contributed by atoms with E-state index in [4.69, 9.17) is 9.47 Å². The lowest BCUT2D eigenvalue weighted by atomic mass is 10.1. The van der Waals surface area contributed by atoms with Crippen molar-refractivity contribution in [3.63, 3.8) is 0 Å². The fraction of sp³-hybridized carbons (Fsp3) is 0.316. The molecular formula is C19H22N2O5S. The number of hydrogen-bond acceptors (Lipinski definition) is 5. The minimum atomic E-state index is -3.60. The lowest BCUT2D eigenvalue weighted by Crippen LogP contribution is -2.40. The largest absolute Gasteiger partial charge is 0.454 e. The number of carbonyl (C=O) groups is 1. The molecule has 0 spiro atoms. The minimum Gasteiger partial charge on any atom is -0.454 e. The molecule has 0 fully saturated rings. The minimum absolute atomic E-state index is 0.186. The molecule has 8 heteroatoms. The number of sulfonamides is 1. The number of ether oxygens (including phenoxy) is 2. The Hall–Kier alpha value is -2.74. The quantitative estimate of drug-likeness (QED) is 0.782. The third kappa shape index (κ3) is 4.51. The Morgan fingerprint density at radius 2 is 1.89 bits per heavy atom. The van der Waals surface area contributed by atoms with E-state index in [0.717, 1.165) is 21.7 Å². The van der Waals surface area contributed by atoms with Crippen LogP contribution in [0.25, 0.3) is 0 Å². The van der Waals surface area contributed by atoms with Crippen LogP contribution in [0.4, 0.5) is 5.69 Å². The van der Waals surface area contributed by atoms with Gasteiger partial charge in [0, 0.05) is 6.54 Å². The van der Waals surface area contributed by atoms with E-state index in [1.165, 1.54) is 0 Å². The average Bonchev–Trinajstić information content (AvgIpc) is 3.11. The summed E-state index contributed by atoms with van der Waals surface area (Å²) >= 11 is 0. The van der Waals surface area contributed by atoms with Gasteiger partial charge in [-0.25, -0.2) is 8.42 Å². The number of fused-ring (bicyclic) bond motifs is 1. The van der Waals surface area contributed by atoms with Crippen LogP contribution in [-0.2, 0) is 27.8 Å². The Bertz CT molecular complexity index is 943. The number of nitrogens with zero attached hydrogens (tertiary/aromatic N) is 1. The van der Waals surface area contributed by atoms with E-state index in [9.17, 15) is 13.2 Å². The maximum atomic E-state index is 12.4. The summed E-state index contributed by atoms with van der Waals surface area (Å²) < 4.78 is 36.2. The smallest absolute Gasteiger partial charge is 0.241 e. The Kier molecular flexibility index (Phi) is 5.55. The second kappa shape index (κ2) is 7.87. The highest BCUT2D eigenvalue weighted by Crippen LogP contribution is 2.32. The maximum absolute atomic E-state index is 12.4. The second-order valence-corrected chi connectivity index (χ2v) is 8.12. The molecule has 0 aromatic heterocycles. The number of hydrogen-bond donors (Lipinski definition) is 1. The summed E-state index contributed by atoms with van der Waals surface area (Å²) in [5.74, 6) is 0.921. The number of para-hydroxylation sites is 1. The average molecular weight is 390 g/mol. The number of aryl methyl sites for hydroxylation is 1. The van der Waals surface area contributed by atoms with Crippen LogP contribution in [-0.4, -0.2) is 33.9 Å². The Morgan fingerprint density at radius 3 is 2.63 bits per heavy atom. The monoisotopic (exact) mass is 390 g/mol. The van der Waals surface area contributed by atoms with Gasteiger partial charge in [-0.05, 0) is 35.7 Å². The second-order valence-electron chi connectivity index (χ2n) is 6.22. The summed E-state index contributed by atoms with van der Waals surface area (Å²) in [5.41, 5.74) is 2.24. The van der Waals surface area contributed by atoms with E-state index in [0.29, 0.717) is 23.6 Å². The summed E-state index contributed by atoms with van der Waals surface area (Å²) in [4.78, 5) is 12.4. The Labute approximate surface area is 158 Å². The molecule has 0 unspecified atom stereocenters. The summed E-state index contributed by atoms with van der Waals surface area (Å²) in [6.45, 7) is 2.12.